The predicted molar refractivity (Wildman–Crippen MR) is 73.6 cm³/mol. The molecule has 1 heterocycles. The van der Waals surface area contributed by atoms with Crippen LogP contribution in [0.15, 0.2) is 52.7 Å². The van der Waals surface area contributed by atoms with Crippen LogP contribution in [0.2, 0.25) is 0 Å². The van der Waals surface area contributed by atoms with Crippen molar-refractivity contribution in [3.63, 3.8) is 0 Å². The summed E-state index contributed by atoms with van der Waals surface area (Å²) >= 11 is 1.44. The number of fused-ring (bicyclic) bond motifs is 1. The van der Waals surface area contributed by atoms with Crippen molar-refractivity contribution in [2.24, 2.45) is 10.2 Å². The third kappa shape index (κ3) is 2.38. The molecular weight excluding hydrogens is 262 g/mol. The van der Waals surface area contributed by atoms with Crippen LogP contribution in [0.4, 0.5) is 10.8 Å². The van der Waals surface area contributed by atoms with Gasteiger partial charge >= 0.3 is 0 Å². The average molecular weight is 271 g/mol. The van der Waals surface area contributed by atoms with Crippen molar-refractivity contribution >= 4 is 32.4 Å². The van der Waals surface area contributed by atoms with E-state index in [2.05, 4.69) is 15.2 Å². The van der Waals surface area contributed by atoms with Gasteiger partial charge in [0.2, 0.25) is 5.13 Å². The fraction of sp³-hybridized carbons (Fsp3) is 0. The van der Waals surface area contributed by atoms with Crippen molar-refractivity contribution in [1.82, 2.24) is 4.98 Å². The van der Waals surface area contributed by atoms with Gasteiger partial charge < -0.3 is 10.2 Å². The molecule has 3 rings (SSSR count). The first-order chi connectivity index (χ1) is 9.22. The molecule has 5 nitrogen and oxygen atoms in total. The second-order valence-electron chi connectivity index (χ2n) is 3.84. The number of thiazole rings is 1. The van der Waals surface area contributed by atoms with Gasteiger partial charge in [-0.05, 0) is 24.3 Å². The van der Waals surface area contributed by atoms with Gasteiger partial charge in [-0.15, -0.1) is 10.2 Å². The summed E-state index contributed by atoms with van der Waals surface area (Å²) in [4.78, 5) is 4.31. The van der Waals surface area contributed by atoms with Crippen molar-refractivity contribution < 1.29 is 10.2 Å². The Kier molecular flexibility index (Phi) is 2.85. The molecule has 2 N–H and O–H groups in total. The largest absolute Gasteiger partial charge is 0.504 e. The highest BCUT2D eigenvalue weighted by molar-refractivity contribution is 7.21. The van der Waals surface area contributed by atoms with E-state index in [1.807, 2.05) is 24.3 Å². The lowest BCUT2D eigenvalue weighted by Gasteiger charge is -1.96. The second-order valence-corrected chi connectivity index (χ2v) is 4.85. The standard InChI is InChI=1S/C13H9N3O2S/c17-10-6-5-8(7-11(10)18)15-16-13-14-9-3-1-2-4-12(9)19-13/h1-7,17-18H. The van der Waals surface area contributed by atoms with Crippen LogP contribution in [0.1, 0.15) is 0 Å². The number of aromatic nitrogens is 1. The molecule has 0 aliphatic heterocycles. The van der Waals surface area contributed by atoms with Gasteiger partial charge in [0.05, 0.1) is 15.9 Å². The lowest BCUT2D eigenvalue weighted by molar-refractivity contribution is 0.404. The van der Waals surface area contributed by atoms with E-state index in [0.29, 0.717) is 10.8 Å². The molecule has 19 heavy (non-hydrogen) atoms. The summed E-state index contributed by atoms with van der Waals surface area (Å²) in [5, 5.41) is 27.1. The molecule has 94 valence electrons. The smallest absolute Gasteiger partial charge is 0.231 e. The zero-order valence-corrected chi connectivity index (χ0v) is 10.5. The predicted octanol–water partition coefficient (Wildman–Crippen LogP) is 4.12. The third-order valence-corrected chi connectivity index (χ3v) is 3.41. The molecule has 6 heteroatoms. The number of hydrogen-bond acceptors (Lipinski definition) is 6. The molecule has 2 aromatic carbocycles. The van der Waals surface area contributed by atoms with Gasteiger partial charge in [0, 0.05) is 6.07 Å². The summed E-state index contributed by atoms with van der Waals surface area (Å²) in [6.07, 6.45) is 0. The second kappa shape index (κ2) is 4.66. The van der Waals surface area contributed by atoms with Crippen LogP contribution in [-0.4, -0.2) is 15.2 Å². The lowest BCUT2D eigenvalue weighted by Crippen LogP contribution is -1.68. The van der Waals surface area contributed by atoms with Crippen LogP contribution in [0.5, 0.6) is 11.5 Å². The van der Waals surface area contributed by atoms with E-state index in [0.717, 1.165) is 10.2 Å². The average Bonchev–Trinajstić information content (AvgIpc) is 2.83. The summed E-state index contributed by atoms with van der Waals surface area (Å²) in [6.45, 7) is 0. The molecule has 0 atom stereocenters. The minimum Gasteiger partial charge on any atom is -0.504 e. The topological polar surface area (TPSA) is 78.1 Å². The first kappa shape index (κ1) is 11.6. The van der Waals surface area contributed by atoms with Crippen LogP contribution in [0.3, 0.4) is 0 Å². The van der Waals surface area contributed by atoms with E-state index in [1.165, 1.54) is 23.5 Å². The van der Waals surface area contributed by atoms with Gasteiger partial charge in [-0.2, -0.15) is 0 Å². The highest BCUT2D eigenvalue weighted by Crippen LogP contribution is 2.32. The van der Waals surface area contributed by atoms with E-state index in [1.54, 1.807) is 6.07 Å². The number of phenolic OH excluding ortho intramolecular Hbond substituents is 2. The first-order valence-corrected chi connectivity index (χ1v) is 6.33. The minimum atomic E-state index is -0.222. The van der Waals surface area contributed by atoms with Gasteiger partial charge in [0.15, 0.2) is 11.5 Å². The van der Waals surface area contributed by atoms with Crippen molar-refractivity contribution in [2.45, 2.75) is 0 Å². The Balaban J connectivity index is 1.91. The summed E-state index contributed by atoms with van der Waals surface area (Å²) in [5.41, 5.74) is 1.34. The summed E-state index contributed by atoms with van der Waals surface area (Å²) in [7, 11) is 0. The van der Waals surface area contributed by atoms with Gasteiger partial charge in [-0.25, -0.2) is 4.98 Å². The third-order valence-electron chi connectivity index (χ3n) is 2.49. The highest BCUT2D eigenvalue weighted by Gasteiger charge is 2.02. The van der Waals surface area contributed by atoms with E-state index >= 15 is 0 Å². The van der Waals surface area contributed by atoms with Gasteiger partial charge in [-0.1, -0.05) is 23.5 Å². The molecule has 0 saturated carbocycles. The number of hydrogen-bond donors (Lipinski definition) is 2. The Hall–Kier alpha value is -2.47. The van der Waals surface area contributed by atoms with Crippen molar-refractivity contribution in [2.75, 3.05) is 0 Å². The van der Waals surface area contributed by atoms with Crippen LogP contribution in [-0.2, 0) is 0 Å². The fourth-order valence-electron chi connectivity index (χ4n) is 1.58. The van der Waals surface area contributed by atoms with Crippen LogP contribution >= 0.6 is 11.3 Å². The molecule has 0 aliphatic rings. The van der Waals surface area contributed by atoms with Gasteiger partial charge in [0.25, 0.3) is 0 Å². The van der Waals surface area contributed by atoms with Crippen molar-refractivity contribution in [3.8, 4) is 11.5 Å². The Labute approximate surface area is 112 Å². The van der Waals surface area contributed by atoms with Crippen LogP contribution in [0, 0.1) is 0 Å². The number of azo groups is 1. The summed E-state index contributed by atoms with van der Waals surface area (Å²) in [5.74, 6) is -0.403. The zero-order chi connectivity index (χ0) is 13.2. The SMILES string of the molecule is Oc1ccc(N=Nc2nc3ccccc3s2)cc1O. The Bertz CT molecular complexity index is 734. The van der Waals surface area contributed by atoms with Crippen molar-refractivity contribution in [1.29, 1.82) is 0 Å². The number of benzene rings is 2. The molecule has 0 spiro atoms. The molecule has 3 aromatic rings. The van der Waals surface area contributed by atoms with E-state index in [-0.39, 0.29) is 11.5 Å². The summed E-state index contributed by atoms with van der Waals surface area (Å²) < 4.78 is 1.05. The molecule has 0 radical (unpaired) electrons. The van der Waals surface area contributed by atoms with Crippen molar-refractivity contribution in [3.05, 3.63) is 42.5 Å². The Morgan fingerprint density at radius 3 is 2.58 bits per heavy atom. The Morgan fingerprint density at radius 1 is 0.947 bits per heavy atom. The fourth-order valence-corrected chi connectivity index (χ4v) is 2.36. The maximum atomic E-state index is 9.35. The summed E-state index contributed by atoms with van der Waals surface area (Å²) in [6, 6.07) is 12.0. The quantitative estimate of drug-likeness (QED) is 0.543. The maximum Gasteiger partial charge on any atom is 0.231 e. The minimum absolute atomic E-state index is 0.182. The number of nitrogens with zero attached hydrogens (tertiary/aromatic N) is 3. The van der Waals surface area contributed by atoms with Gasteiger partial charge in [-0.3, -0.25) is 0 Å². The van der Waals surface area contributed by atoms with E-state index in [4.69, 9.17) is 0 Å². The molecule has 0 bridgehead atoms. The number of rotatable bonds is 2. The normalized spacial score (nSPS) is 11.4. The lowest BCUT2D eigenvalue weighted by atomic mass is 10.3. The molecule has 1 aromatic heterocycles. The first-order valence-electron chi connectivity index (χ1n) is 5.52. The molecule has 0 fully saturated rings. The molecule has 0 saturated heterocycles. The maximum absolute atomic E-state index is 9.35. The molecule has 0 aliphatic carbocycles. The van der Waals surface area contributed by atoms with E-state index < -0.39 is 0 Å². The number of phenols is 2. The monoisotopic (exact) mass is 271 g/mol. The molecule has 0 amide bonds. The Morgan fingerprint density at radius 2 is 1.79 bits per heavy atom. The highest BCUT2D eigenvalue weighted by atomic mass is 32.1. The molecular formula is C13H9N3O2S. The van der Waals surface area contributed by atoms with Crippen LogP contribution < -0.4 is 0 Å². The number of para-hydroxylation sites is 1. The molecule has 0 unspecified atom stereocenters. The van der Waals surface area contributed by atoms with Crippen LogP contribution in [0.25, 0.3) is 10.2 Å². The van der Waals surface area contributed by atoms with E-state index in [9.17, 15) is 10.2 Å². The number of aromatic hydroxyl groups is 2. The zero-order valence-electron chi connectivity index (χ0n) is 9.69. The van der Waals surface area contributed by atoms with Gasteiger partial charge in [0.1, 0.15) is 0 Å².